The van der Waals surface area contributed by atoms with E-state index in [1.54, 1.807) is 0 Å². The number of hydrogen-bond acceptors (Lipinski definition) is 5. The van der Waals surface area contributed by atoms with Gasteiger partial charge in [-0.3, -0.25) is 0 Å². The molecule has 0 aliphatic heterocycles. The van der Waals surface area contributed by atoms with Crippen LogP contribution in [-0.2, 0) is 0 Å². The van der Waals surface area contributed by atoms with E-state index in [1.807, 2.05) is 30.9 Å². The van der Waals surface area contributed by atoms with Gasteiger partial charge in [0.1, 0.15) is 5.82 Å². The van der Waals surface area contributed by atoms with Crippen molar-refractivity contribution in [2.75, 3.05) is 42.8 Å². The number of rotatable bonds is 8. The van der Waals surface area contributed by atoms with Crippen LogP contribution in [0, 0.1) is 0 Å². The van der Waals surface area contributed by atoms with Crippen LogP contribution in [0.3, 0.4) is 0 Å². The lowest BCUT2D eigenvalue weighted by Crippen LogP contribution is -2.20. The van der Waals surface area contributed by atoms with Crippen LogP contribution in [0.4, 0.5) is 11.5 Å². The lowest BCUT2D eigenvalue weighted by atomic mass is 10.3. The van der Waals surface area contributed by atoms with Gasteiger partial charge in [-0.2, -0.15) is 16.7 Å². The minimum atomic E-state index is 0.547. The summed E-state index contributed by atoms with van der Waals surface area (Å²) in [6, 6.07) is 3.80. The summed E-state index contributed by atoms with van der Waals surface area (Å²) in [5.41, 5.74) is 6.44. The molecule has 0 fully saturated rings. The van der Waals surface area contributed by atoms with Crippen LogP contribution in [0.15, 0.2) is 12.1 Å². The van der Waals surface area contributed by atoms with Gasteiger partial charge in [-0.05, 0) is 37.0 Å². The Morgan fingerprint density at radius 3 is 2.89 bits per heavy atom. The Labute approximate surface area is 114 Å². The molecular formula is C13H23N3OS. The average Bonchev–Trinajstić information content (AvgIpc) is 2.38. The van der Waals surface area contributed by atoms with Gasteiger partial charge in [-0.25, -0.2) is 0 Å². The second kappa shape index (κ2) is 8.08. The molecule has 1 aromatic rings. The van der Waals surface area contributed by atoms with Crippen LogP contribution in [-0.4, -0.2) is 37.2 Å². The van der Waals surface area contributed by atoms with Gasteiger partial charge in [0.25, 0.3) is 0 Å². The number of nitrogens with zero attached hydrogens (tertiary/aromatic N) is 2. The first-order chi connectivity index (χ1) is 8.69. The van der Waals surface area contributed by atoms with Crippen LogP contribution in [0.25, 0.3) is 0 Å². The van der Waals surface area contributed by atoms with E-state index >= 15 is 0 Å². The van der Waals surface area contributed by atoms with Crippen molar-refractivity contribution < 1.29 is 4.74 Å². The Morgan fingerprint density at radius 2 is 2.22 bits per heavy atom. The number of nitrogen functional groups attached to an aromatic ring is 1. The summed E-state index contributed by atoms with van der Waals surface area (Å²) in [5.74, 6) is 2.63. The van der Waals surface area contributed by atoms with E-state index in [0.717, 1.165) is 25.2 Å². The first kappa shape index (κ1) is 15.0. The minimum Gasteiger partial charge on any atom is -0.476 e. The Bertz CT molecular complexity index is 360. The molecule has 0 aromatic carbocycles. The molecule has 0 radical (unpaired) electrons. The van der Waals surface area contributed by atoms with Crippen molar-refractivity contribution in [2.24, 2.45) is 0 Å². The van der Waals surface area contributed by atoms with Crippen molar-refractivity contribution in [3.05, 3.63) is 12.1 Å². The molecule has 0 aliphatic rings. The van der Waals surface area contributed by atoms with E-state index in [4.69, 9.17) is 10.5 Å². The lowest BCUT2D eigenvalue weighted by molar-refractivity contribution is 0.307. The molecule has 1 rings (SSSR count). The summed E-state index contributed by atoms with van der Waals surface area (Å²) in [7, 11) is 2.04. The van der Waals surface area contributed by atoms with Crippen LogP contribution in [0.2, 0.25) is 0 Å². The van der Waals surface area contributed by atoms with Gasteiger partial charge < -0.3 is 15.4 Å². The zero-order chi connectivity index (χ0) is 13.4. The van der Waals surface area contributed by atoms with Gasteiger partial charge in [0, 0.05) is 13.6 Å². The molecule has 0 atom stereocenters. The van der Waals surface area contributed by atoms with Crippen molar-refractivity contribution in [1.29, 1.82) is 0 Å². The van der Waals surface area contributed by atoms with E-state index in [-0.39, 0.29) is 0 Å². The van der Waals surface area contributed by atoms with E-state index in [2.05, 4.69) is 23.1 Å². The van der Waals surface area contributed by atoms with Gasteiger partial charge in [0.05, 0.1) is 12.3 Å². The van der Waals surface area contributed by atoms with Crippen molar-refractivity contribution in [3.8, 4) is 5.88 Å². The molecule has 2 N–H and O–H groups in total. The topological polar surface area (TPSA) is 51.4 Å². The van der Waals surface area contributed by atoms with E-state index < -0.39 is 0 Å². The molecule has 0 spiro atoms. The van der Waals surface area contributed by atoms with E-state index in [1.165, 1.54) is 5.75 Å². The highest BCUT2D eigenvalue weighted by atomic mass is 32.2. The second-order valence-corrected chi connectivity index (χ2v) is 5.17. The summed E-state index contributed by atoms with van der Waals surface area (Å²) in [4.78, 5) is 6.59. The molecule has 5 heteroatoms. The van der Waals surface area contributed by atoms with Crippen molar-refractivity contribution in [3.63, 3.8) is 0 Å². The number of pyridine rings is 1. The molecule has 18 heavy (non-hydrogen) atoms. The number of aromatic nitrogens is 1. The van der Waals surface area contributed by atoms with Gasteiger partial charge in [0.2, 0.25) is 5.88 Å². The number of ether oxygens (including phenoxy) is 1. The van der Waals surface area contributed by atoms with Crippen LogP contribution < -0.4 is 15.4 Å². The maximum absolute atomic E-state index is 5.84. The average molecular weight is 269 g/mol. The molecule has 102 valence electrons. The second-order valence-electron chi connectivity index (χ2n) is 4.18. The predicted molar refractivity (Wildman–Crippen MR) is 80.7 cm³/mol. The molecule has 0 bridgehead atoms. The Kier molecular flexibility index (Phi) is 6.72. The molecule has 0 saturated carbocycles. The summed E-state index contributed by atoms with van der Waals surface area (Å²) in [6.07, 6.45) is 4.22. The van der Waals surface area contributed by atoms with Crippen molar-refractivity contribution in [2.45, 2.75) is 19.8 Å². The Balaban J connectivity index is 2.64. The van der Waals surface area contributed by atoms with Gasteiger partial charge >= 0.3 is 0 Å². The predicted octanol–water partition coefficient (Wildman–Crippen LogP) is 2.64. The fraction of sp³-hybridized carbons (Fsp3) is 0.615. The lowest BCUT2D eigenvalue weighted by Gasteiger charge is -2.19. The number of nitrogens with two attached hydrogens (primary N) is 1. The zero-order valence-corrected chi connectivity index (χ0v) is 12.3. The highest BCUT2D eigenvalue weighted by Gasteiger charge is 2.07. The molecule has 1 aromatic heterocycles. The molecule has 0 saturated heterocycles. The molecule has 4 nitrogen and oxygen atoms in total. The van der Waals surface area contributed by atoms with Gasteiger partial charge in [-0.1, -0.05) is 6.92 Å². The fourth-order valence-corrected chi connectivity index (χ4v) is 1.95. The van der Waals surface area contributed by atoms with Crippen molar-refractivity contribution in [1.82, 2.24) is 4.98 Å². The van der Waals surface area contributed by atoms with E-state index in [9.17, 15) is 0 Å². The smallest absolute Gasteiger partial charge is 0.239 e. The van der Waals surface area contributed by atoms with Gasteiger partial charge in [0.15, 0.2) is 0 Å². The fourth-order valence-electron chi connectivity index (χ4n) is 1.53. The highest BCUT2D eigenvalue weighted by Crippen LogP contribution is 2.22. The maximum Gasteiger partial charge on any atom is 0.239 e. The molecule has 0 aliphatic carbocycles. The quantitative estimate of drug-likeness (QED) is 0.735. The van der Waals surface area contributed by atoms with Crippen LogP contribution in [0.1, 0.15) is 19.8 Å². The molecular weight excluding hydrogens is 246 g/mol. The van der Waals surface area contributed by atoms with Gasteiger partial charge in [-0.15, -0.1) is 0 Å². The monoisotopic (exact) mass is 269 g/mol. The van der Waals surface area contributed by atoms with E-state index in [0.29, 0.717) is 18.2 Å². The standard InChI is InChI=1S/C13H23N3OS/c1-4-9-17-13-11(14)6-7-12(15-13)16(2)8-5-10-18-3/h6-7H,4-5,8-10,14H2,1-3H3. The third-order valence-corrected chi connectivity index (χ3v) is 3.25. The number of anilines is 2. The molecule has 0 unspecified atom stereocenters. The van der Waals surface area contributed by atoms with Crippen LogP contribution in [0.5, 0.6) is 5.88 Å². The molecule has 1 heterocycles. The summed E-state index contributed by atoms with van der Waals surface area (Å²) < 4.78 is 5.54. The van der Waals surface area contributed by atoms with Crippen molar-refractivity contribution >= 4 is 23.3 Å². The normalized spacial score (nSPS) is 10.4. The largest absolute Gasteiger partial charge is 0.476 e. The minimum absolute atomic E-state index is 0.547. The Morgan fingerprint density at radius 1 is 1.44 bits per heavy atom. The first-order valence-corrected chi connectivity index (χ1v) is 7.67. The van der Waals surface area contributed by atoms with Crippen LogP contribution >= 0.6 is 11.8 Å². The molecule has 0 amide bonds. The zero-order valence-electron chi connectivity index (χ0n) is 11.5. The Hall–Kier alpha value is -1.10. The number of thioether (sulfide) groups is 1. The maximum atomic E-state index is 5.84. The SMILES string of the molecule is CCCOc1nc(N(C)CCCSC)ccc1N. The number of hydrogen-bond donors (Lipinski definition) is 1. The summed E-state index contributed by atoms with van der Waals surface area (Å²) >= 11 is 1.86. The third-order valence-electron chi connectivity index (χ3n) is 2.55. The third kappa shape index (κ3) is 4.64. The highest BCUT2D eigenvalue weighted by molar-refractivity contribution is 7.98. The summed E-state index contributed by atoms with van der Waals surface area (Å²) in [5, 5.41) is 0. The summed E-state index contributed by atoms with van der Waals surface area (Å²) in [6.45, 7) is 3.70. The first-order valence-electron chi connectivity index (χ1n) is 6.28.